The molecular formula is C54H50N3O+. The first kappa shape index (κ1) is 34.2. The van der Waals surface area contributed by atoms with Crippen LogP contribution in [0, 0.1) is 33.1 Å². The van der Waals surface area contributed by atoms with Crippen molar-refractivity contribution >= 4 is 27.4 Å². The number of pyridine rings is 1. The largest absolute Gasteiger partial charge is 0.456 e. The van der Waals surface area contributed by atoms with Gasteiger partial charge in [0, 0.05) is 23.0 Å². The van der Waals surface area contributed by atoms with E-state index in [1.165, 1.54) is 126 Å². The molecule has 7 aromatic rings. The first-order valence-corrected chi connectivity index (χ1v) is 21.4. The molecular weight excluding hydrogens is 707 g/mol. The molecule has 5 aromatic carbocycles. The van der Waals surface area contributed by atoms with E-state index in [-0.39, 0.29) is 6.04 Å². The highest BCUT2D eigenvalue weighted by Gasteiger charge is 2.64. The smallest absolute Gasteiger partial charge is 0.289 e. The number of aromatic nitrogens is 2. The maximum atomic E-state index is 7.04. The van der Waals surface area contributed by atoms with Crippen LogP contribution in [0.5, 0.6) is 11.5 Å². The van der Waals surface area contributed by atoms with Gasteiger partial charge in [-0.3, -0.25) is 0 Å². The molecule has 0 amide bonds. The van der Waals surface area contributed by atoms with Crippen LogP contribution in [0.4, 0.5) is 0 Å². The third-order valence-electron chi connectivity index (χ3n) is 14.8. The van der Waals surface area contributed by atoms with E-state index in [9.17, 15) is 0 Å². The van der Waals surface area contributed by atoms with Gasteiger partial charge in [0.15, 0.2) is 5.52 Å². The first-order chi connectivity index (χ1) is 28.0. The summed E-state index contributed by atoms with van der Waals surface area (Å²) in [6.07, 6.45) is 12.6. The van der Waals surface area contributed by atoms with Crippen molar-refractivity contribution in [2.75, 3.05) is 0 Å². The summed E-state index contributed by atoms with van der Waals surface area (Å²) in [5.41, 5.74) is 19.1. The molecule has 6 heterocycles. The van der Waals surface area contributed by atoms with Crippen LogP contribution >= 0.6 is 0 Å². The maximum absolute atomic E-state index is 7.04. The summed E-state index contributed by atoms with van der Waals surface area (Å²) < 4.78 is 12.2. The monoisotopic (exact) mass is 756 g/mol. The number of hydrogen-bond acceptors (Lipinski definition) is 2. The fourth-order valence-corrected chi connectivity index (χ4v) is 11.6. The zero-order valence-electron chi connectivity index (χ0n) is 34.7. The Morgan fingerprint density at radius 1 is 0.707 bits per heavy atom. The predicted octanol–water partition coefficient (Wildman–Crippen LogP) is 13.2. The summed E-state index contributed by atoms with van der Waals surface area (Å²) in [6, 6.07) is 37.2. The number of hydrogen-bond donors (Lipinski definition) is 0. The Balaban J connectivity index is 1.08. The van der Waals surface area contributed by atoms with Crippen molar-refractivity contribution in [3.05, 3.63) is 171 Å². The molecule has 4 aliphatic heterocycles. The van der Waals surface area contributed by atoms with Crippen molar-refractivity contribution in [1.29, 1.82) is 0 Å². The number of allylic oxidation sites excluding steroid dienone is 2. The van der Waals surface area contributed by atoms with Crippen LogP contribution in [-0.4, -0.2) is 9.47 Å². The van der Waals surface area contributed by atoms with E-state index in [0.717, 1.165) is 11.5 Å². The zero-order chi connectivity index (χ0) is 39.4. The Hall–Kier alpha value is -5.87. The van der Waals surface area contributed by atoms with Gasteiger partial charge in [-0.15, -0.1) is 0 Å². The molecule has 0 N–H and O–H groups in total. The average molecular weight is 757 g/mol. The Kier molecular flexibility index (Phi) is 6.85. The third-order valence-corrected chi connectivity index (χ3v) is 14.8. The molecule has 5 aliphatic rings. The second kappa shape index (κ2) is 11.6. The number of rotatable bonds is 3. The molecule has 0 bridgehead atoms. The SMILES string of the molecule is CC1=CN2C(C=C1c1ccc(C)cc1C)c1cccc3c1C21c2c(ccc4c5cc(-c6ccc(C7CCC(C)(C)CC7)cc6)ccc5n(c24)-c2cc(C)c(C)c[n+]21)O3. The molecule has 58 heavy (non-hydrogen) atoms. The van der Waals surface area contributed by atoms with Crippen molar-refractivity contribution in [1.82, 2.24) is 9.47 Å². The summed E-state index contributed by atoms with van der Waals surface area (Å²) in [5, 5.41) is 2.53. The topological polar surface area (TPSA) is 21.3 Å². The first-order valence-electron chi connectivity index (χ1n) is 21.4. The Morgan fingerprint density at radius 2 is 1.48 bits per heavy atom. The highest BCUT2D eigenvalue weighted by molar-refractivity contribution is 6.12. The molecule has 0 saturated heterocycles. The van der Waals surface area contributed by atoms with Crippen molar-refractivity contribution < 1.29 is 9.30 Å². The second-order valence-corrected chi connectivity index (χ2v) is 18.9. The van der Waals surface area contributed by atoms with Crippen molar-refractivity contribution in [2.45, 2.75) is 91.8 Å². The number of ether oxygens (including phenoxy) is 1. The molecule has 286 valence electrons. The van der Waals surface area contributed by atoms with Crippen LogP contribution in [0.1, 0.15) is 108 Å². The van der Waals surface area contributed by atoms with E-state index in [2.05, 4.69) is 178 Å². The van der Waals surface area contributed by atoms with Gasteiger partial charge in [-0.1, -0.05) is 80.1 Å². The highest BCUT2D eigenvalue weighted by atomic mass is 16.5. The van der Waals surface area contributed by atoms with Gasteiger partial charge in [0.25, 0.3) is 5.82 Å². The standard InChI is InChI=1S/C54H50N3O/c1-31-11-17-40(33(3)25-31)43-28-46-42-9-8-10-47-50(42)54(55(46)30-35(43)5)51-48(58-47)20-18-41-44-27-39(37-14-12-36(13-15-37)38-21-23-53(6,7)24-22-38)16-19-45(44)57(52(41)51)49-26-32(2)34(4)29-56(49)54/h8-20,25-30,38,46H,21-24H2,1-7H3/q+1. The Morgan fingerprint density at radius 3 is 2.28 bits per heavy atom. The average Bonchev–Trinajstić information content (AvgIpc) is 3.69. The second-order valence-electron chi connectivity index (χ2n) is 18.9. The maximum Gasteiger partial charge on any atom is 0.289 e. The van der Waals surface area contributed by atoms with Gasteiger partial charge in [0.05, 0.1) is 17.8 Å². The lowest BCUT2D eigenvalue weighted by molar-refractivity contribution is -0.760. The summed E-state index contributed by atoms with van der Waals surface area (Å²) in [7, 11) is 0. The normalized spacial score (nSPS) is 21.0. The van der Waals surface area contributed by atoms with Crippen LogP contribution in [-0.2, 0) is 5.66 Å². The quantitative estimate of drug-likeness (QED) is 0.167. The number of nitrogens with zero attached hydrogens (tertiary/aromatic N) is 3. The molecule has 1 fully saturated rings. The highest BCUT2D eigenvalue weighted by Crippen LogP contribution is 2.63. The lowest BCUT2D eigenvalue weighted by Crippen LogP contribution is -2.68. The Labute approximate surface area is 341 Å². The van der Waals surface area contributed by atoms with Crippen LogP contribution < -0.4 is 9.30 Å². The summed E-state index contributed by atoms with van der Waals surface area (Å²) in [4.78, 5) is 2.66. The molecule has 4 nitrogen and oxygen atoms in total. The van der Waals surface area contributed by atoms with Crippen molar-refractivity contribution in [2.24, 2.45) is 5.41 Å². The molecule has 0 radical (unpaired) electrons. The number of fused-ring (bicyclic) bond motifs is 7. The minimum absolute atomic E-state index is 0.0201. The number of benzene rings is 5. The zero-order valence-corrected chi connectivity index (χ0v) is 34.7. The molecule has 12 rings (SSSR count). The van der Waals surface area contributed by atoms with E-state index in [4.69, 9.17) is 4.74 Å². The molecule has 1 aliphatic carbocycles. The molecule has 4 heteroatoms. The Bertz CT molecular complexity index is 3020. The van der Waals surface area contributed by atoms with Crippen LogP contribution in [0.3, 0.4) is 0 Å². The van der Waals surface area contributed by atoms with Gasteiger partial charge in [0.1, 0.15) is 22.6 Å². The molecule has 2 atom stereocenters. The number of aryl methyl sites for hydroxylation is 4. The van der Waals surface area contributed by atoms with E-state index in [1.807, 2.05) is 0 Å². The van der Waals surface area contributed by atoms with Gasteiger partial charge in [0.2, 0.25) is 5.66 Å². The predicted molar refractivity (Wildman–Crippen MR) is 236 cm³/mol. The van der Waals surface area contributed by atoms with E-state index >= 15 is 0 Å². The van der Waals surface area contributed by atoms with Gasteiger partial charge >= 0.3 is 0 Å². The lowest BCUT2D eigenvalue weighted by Gasteiger charge is -2.45. The van der Waals surface area contributed by atoms with Crippen molar-refractivity contribution in [3.8, 4) is 28.4 Å². The van der Waals surface area contributed by atoms with Crippen LogP contribution in [0.25, 0.3) is 44.3 Å². The summed E-state index contributed by atoms with van der Waals surface area (Å²) in [6.45, 7) is 16.1. The lowest BCUT2D eigenvalue weighted by atomic mass is 9.71. The minimum atomic E-state index is -0.652. The van der Waals surface area contributed by atoms with Gasteiger partial charge < -0.3 is 9.64 Å². The molecule has 1 saturated carbocycles. The summed E-state index contributed by atoms with van der Waals surface area (Å²) in [5.74, 6) is 3.72. The van der Waals surface area contributed by atoms with E-state index < -0.39 is 5.66 Å². The fourth-order valence-electron chi connectivity index (χ4n) is 11.6. The minimum Gasteiger partial charge on any atom is -0.456 e. The summed E-state index contributed by atoms with van der Waals surface area (Å²) >= 11 is 0. The fraction of sp³-hybridized carbons (Fsp3) is 0.278. The van der Waals surface area contributed by atoms with E-state index in [1.54, 1.807) is 0 Å². The molecule has 2 unspecified atom stereocenters. The van der Waals surface area contributed by atoms with Gasteiger partial charge in [-0.25, -0.2) is 4.57 Å². The van der Waals surface area contributed by atoms with Gasteiger partial charge in [-0.2, -0.15) is 4.57 Å². The van der Waals surface area contributed by atoms with Crippen LogP contribution in [0.2, 0.25) is 0 Å². The van der Waals surface area contributed by atoms with E-state index in [0.29, 0.717) is 11.3 Å². The van der Waals surface area contributed by atoms with Crippen LogP contribution in [0.15, 0.2) is 121 Å². The third kappa shape index (κ3) is 4.44. The van der Waals surface area contributed by atoms with Crippen molar-refractivity contribution in [3.63, 3.8) is 0 Å². The molecule has 2 aromatic heterocycles. The molecule has 1 spiro atoms. The van der Waals surface area contributed by atoms with Gasteiger partial charge in [-0.05, 0) is 164 Å².